The van der Waals surface area contributed by atoms with Crippen molar-refractivity contribution >= 4 is 17.9 Å². The summed E-state index contributed by atoms with van der Waals surface area (Å²) in [4.78, 5) is 32.1. The van der Waals surface area contributed by atoms with Crippen LogP contribution in [0.1, 0.15) is 19.8 Å². The molecule has 0 aliphatic carbocycles. The Morgan fingerprint density at radius 3 is 2.40 bits per heavy atom. The van der Waals surface area contributed by atoms with E-state index in [1.54, 1.807) is 6.92 Å². The third kappa shape index (κ3) is 6.30. The van der Waals surface area contributed by atoms with Gasteiger partial charge in [0, 0.05) is 13.0 Å². The van der Waals surface area contributed by atoms with Gasteiger partial charge in [0.2, 0.25) is 5.91 Å². The molecule has 0 aromatic rings. The fourth-order valence-electron chi connectivity index (χ4n) is 0.914. The maximum absolute atomic E-state index is 11.0. The molecule has 0 aliphatic heterocycles. The van der Waals surface area contributed by atoms with E-state index in [0.717, 1.165) is 0 Å². The van der Waals surface area contributed by atoms with Gasteiger partial charge in [-0.3, -0.25) is 4.79 Å². The van der Waals surface area contributed by atoms with Gasteiger partial charge in [0.25, 0.3) is 0 Å². The number of urea groups is 1. The molecular weight excluding hydrogens is 202 g/mol. The first kappa shape index (κ1) is 13.2. The second-order valence-electron chi connectivity index (χ2n) is 2.90. The van der Waals surface area contributed by atoms with E-state index in [1.807, 2.05) is 0 Å². The minimum absolute atomic E-state index is 0.0121. The van der Waals surface area contributed by atoms with Crippen LogP contribution in [0.15, 0.2) is 0 Å². The number of carboxylic acids is 1. The lowest BCUT2D eigenvalue weighted by Gasteiger charge is -2.13. The number of hydrogen-bond acceptors (Lipinski definition) is 3. The zero-order valence-electron chi connectivity index (χ0n) is 8.45. The fraction of sp³-hybridized carbons (Fsp3) is 0.625. The molecule has 15 heavy (non-hydrogen) atoms. The van der Waals surface area contributed by atoms with Crippen molar-refractivity contribution in [1.82, 2.24) is 10.6 Å². The van der Waals surface area contributed by atoms with E-state index >= 15 is 0 Å². The number of hydrogen-bond donors (Lipinski definition) is 4. The molecule has 0 saturated carbocycles. The molecule has 7 heteroatoms. The van der Waals surface area contributed by atoms with E-state index < -0.39 is 23.9 Å². The molecule has 1 atom stereocenters. The molecule has 7 nitrogen and oxygen atoms in total. The van der Waals surface area contributed by atoms with Crippen LogP contribution in [0.3, 0.4) is 0 Å². The Labute approximate surface area is 87.0 Å². The number of carbonyl (C=O) groups is 3. The van der Waals surface area contributed by atoms with Crippen molar-refractivity contribution in [1.29, 1.82) is 0 Å². The molecule has 0 aromatic heterocycles. The monoisotopic (exact) mass is 217 g/mol. The Balaban J connectivity index is 4.10. The van der Waals surface area contributed by atoms with Gasteiger partial charge >= 0.3 is 12.0 Å². The zero-order chi connectivity index (χ0) is 11.8. The summed E-state index contributed by atoms with van der Waals surface area (Å²) in [5, 5.41) is 13.3. The van der Waals surface area contributed by atoms with Gasteiger partial charge in [-0.2, -0.15) is 0 Å². The highest BCUT2D eigenvalue weighted by molar-refractivity contribution is 5.83. The highest BCUT2D eigenvalue weighted by Crippen LogP contribution is 1.96. The van der Waals surface area contributed by atoms with Crippen LogP contribution in [0, 0.1) is 0 Å². The van der Waals surface area contributed by atoms with Crippen molar-refractivity contribution in [3.8, 4) is 0 Å². The van der Waals surface area contributed by atoms with Gasteiger partial charge in [-0.15, -0.1) is 0 Å². The van der Waals surface area contributed by atoms with E-state index in [-0.39, 0.29) is 12.8 Å². The number of aliphatic carboxylic acids is 1. The lowest BCUT2D eigenvalue weighted by Crippen LogP contribution is -2.46. The van der Waals surface area contributed by atoms with Gasteiger partial charge in [-0.05, 0) is 13.3 Å². The summed E-state index contributed by atoms with van der Waals surface area (Å²) in [6.07, 6.45) is -0.0921. The molecule has 0 aromatic carbocycles. The van der Waals surface area contributed by atoms with Crippen molar-refractivity contribution in [2.45, 2.75) is 25.8 Å². The maximum Gasteiger partial charge on any atom is 0.326 e. The average molecular weight is 217 g/mol. The topological polar surface area (TPSA) is 122 Å². The van der Waals surface area contributed by atoms with E-state index in [0.29, 0.717) is 6.54 Å². The third-order valence-electron chi connectivity index (χ3n) is 1.62. The normalized spacial score (nSPS) is 11.5. The maximum atomic E-state index is 11.0. The Bertz CT molecular complexity index is 254. The predicted molar refractivity (Wildman–Crippen MR) is 52.1 cm³/mol. The van der Waals surface area contributed by atoms with Gasteiger partial charge in [0.1, 0.15) is 6.04 Å². The molecule has 0 unspecified atom stereocenters. The van der Waals surface area contributed by atoms with Crippen LogP contribution in [0.25, 0.3) is 0 Å². The van der Waals surface area contributed by atoms with Crippen molar-refractivity contribution in [3.05, 3.63) is 0 Å². The highest BCUT2D eigenvalue weighted by atomic mass is 16.4. The minimum atomic E-state index is -1.19. The summed E-state index contributed by atoms with van der Waals surface area (Å²) in [6, 6.07) is -1.67. The molecule has 0 spiro atoms. The van der Waals surface area contributed by atoms with Crippen LogP contribution in [-0.4, -0.2) is 35.6 Å². The first-order chi connectivity index (χ1) is 6.97. The summed E-state index contributed by atoms with van der Waals surface area (Å²) in [5.74, 6) is -1.79. The van der Waals surface area contributed by atoms with Crippen LogP contribution in [0.5, 0.6) is 0 Å². The average Bonchev–Trinajstić information content (AvgIpc) is 2.11. The first-order valence-electron chi connectivity index (χ1n) is 4.52. The summed E-state index contributed by atoms with van der Waals surface area (Å²) >= 11 is 0. The molecule has 0 bridgehead atoms. The van der Waals surface area contributed by atoms with Crippen LogP contribution in [0.2, 0.25) is 0 Å². The Kier molecular flexibility index (Phi) is 5.84. The Hall–Kier alpha value is -1.79. The fourth-order valence-corrected chi connectivity index (χ4v) is 0.914. The molecule has 0 aliphatic rings. The summed E-state index contributed by atoms with van der Waals surface area (Å²) in [5.41, 5.74) is 4.87. The van der Waals surface area contributed by atoms with E-state index in [2.05, 4.69) is 10.6 Å². The number of primary amides is 1. The molecule has 0 radical (unpaired) electrons. The van der Waals surface area contributed by atoms with Crippen LogP contribution in [-0.2, 0) is 9.59 Å². The van der Waals surface area contributed by atoms with Crippen molar-refractivity contribution in [2.24, 2.45) is 5.73 Å². The molecule has 0 fully saturated rings. The second kappa shape index (κ2) is 6.63. The Morgan fingerprint density at radius 2 is 2.00 bits per heavy atom. The summed E-state index contributed by atoms with van der Waals surface area (Å²) in [6.45, 7) is 2.10. The van der Waals surface area contributed by atoms with Crippen molar-refractivity contribution < 1.29 is 19.5 Å². The molecule has 0 heterocycles. The number of amides is 3. The van der Waals surface area contributed by atoms with Crippen molar-refractivity contribution in [3.63, 3.8) is 0 Å². The molecule has 3 amide bonds. The van der Waals surface area contributed by atoms with Gasteiger partial charge in [-0.25, -0.2) is 9.59 Å². The number of carboxylic acid groups (broad SMARTS) is 1. The Morgan fingerprint density at radius 1 is 1.40 bits per heavy atom. The minimum Gasteiger partial charge on any atom is -0.480 e. The van der Waals surface area contributed by atoms with Crippen molar-refractivity contribution in [2.75, 3.05) is 6.54 Å². The molecule has 0 saturated heterocycles. The highest BCUT2D eigenvalue weighted by Gasteiger charge is 2.19. The predicted octanol–water partition coefficient (Wildman–Crippen LogP) is -0.976. The quantitative estimate of drug-likeness (QED) is 0.457. The lowest BCUT2D eigenvalue weighted by atomic mass is 10.1. The third-order valence-corrected chi connectivity index (χ3v) is 1.62. The number of carbonyl (C=O) groups excluding carboxylic acids is 2. The zero-order valence-corrected chi connectivity index (χ0v) is 8.45. The van der Waals surface area contributed by atoms with Gasteiger partial charge < -0.3 is 21.5 Å². The summed E-state index contributed by atoms with van der Waals surface area (Å²) < 4.78 is 0. The second-order valence-corrected chi connectivity index (χ2v) is 2.90. The van der Waals surface area contributed by atoms with Gasteiger partial charge in [0.15, 0.2) is 0 Å². The van der Waals surface area contributed by atoms with Crippen LogP contribution in [0.4, 0.5) is 4.79 Å². The molecule has 0 rings (SSSR count). The lowest BCUT2D eigenvalue weighted by molar-refractivity contribution is -0.139. The van der Waals surface area contributed by atoms with Gasteiger partial charge in [0.05, 0.1) is 0 Å². The van der Waals surface area contributed by atoms with Crippen LogP contribution >= 0.6 is 0 Å². The first-order valence-corrected chi connectivity index (χ1v) is 4.52. The molecule has 5 N–H and O–H groups in total. The van der Waals surface area contributed by atoms with Crippen LogP contribution < -0.4 is 16.4 Å². The molecule has 86 valence electrons. The number of rotatable bonds is 6. The standard InChI is InChI=1S/C8H15N3O4/c1-2-10-8(15)11-5(7(13)14)3-4-6(9)12/h5H,2-4H2,1H3,(H2,9,12)(H,13,14)(H2,10,11,15)/t5-/m1/s1. The van der Waals surface area contributed by atoms with Gasteiger partial charge in [-0.1, -0.05) is 0 Å². The van der Waals surface area contributed by atoms with E-state index in [1.165, 1.54) is 0 Å². The number of nitrogens with one attached hydrogen (secondary N) is 2. The number of nitrogens with two attached hydrogens (primary N) is 1. The van der Waals surface area contributed by atoms with E-state index in [9.17, 15) is 14.4 Å². The largest absolute Gasteiger partial charge is 0.480 e. The van der Waals surface area contributed by atoms with E-state index in [4.69, 9.17) is 10.8 Å². The smallest absolute Gasteiger partial charge is 0.326 e. The summed E-state index contributed by atoms with van der Waals surface area (Å²) in [7, 11) is 0. The SMILES string of the molecule is CCNC(=O)N[C@H](CCC(N)=O)C(=O)O. The molecular formula is C8H15N3O4.